The van der Waals surface area contributed by atoms with Gasteiger partial charge in [0.1, 0.15) is 17.0 Å². The van der Waals surface area contributed by atoms with Crippen molar-refractivity contribution < 1.29 is 5.11 Å². The molecule has 0 aliphatic rings. The minimum atomic E-state index is -0.405. The van der Waals surface area contributed by atoms with Crippen molar-refractivity contribution in [1.82, 2.24) is 34.3 Å². The van der Waals surface area contributed by atoms with Crippen LogP contribution in [0.25, 0.3) is 44.7 Å². The molecule has 0 bridgehead atoms. The van der Waals surface area contributed by atoms with Crippen molar-refractivity contribution in [2.75, 3.05) is 12.3 Å². The number of fused-ring (bicyclic) bond motifs is 1. The maximum Gasteiger partial charge on any atom is 0.261 e. The Morgan fingerprint density at radius 3 is 2.41 bits per heavy atom. The van der Waals surface area contributed by atoms with Gasteiger partial charge < -0.3 is 10.8 Å². The second kappa shape index (κ2) is 8.49. The van der Waals surface area contributed by atoms with E-state index >= 15 is 0 Å². The Kier molecular flexibility index (Phi) is 5.34. The van der Waals surface area contributed by atoms with Crippen molar-refractivity contribution in [3.05, 3.63) is 71.8 Å². The lowest BCUT2D eigenvalue weighted by Crippen LogP contribution is -2.25. The molecule has 5 aromatic heterocycles. The van der Waals surface area contributed by atoms with E-state index in [2.05, 4.69) is 20.1 Å². The molecule has 10 nitrogen and oxygen atoms in total. The maximum absolute atomic E-state index is 13.3. The number of nitrogens with zero attached hydrogens (tertiary/aromatic N) is 7. The van der Waals surface area contributed by atoms with Crippen LogP contribution in [0.3, 0.4) is 0 Å². The number of nitrogens with two attached hydrogens (primary N) is 1. The number of aromatic nitrogens is 7. The van der Waals surface area contributed by atoms with Gasteiger partial charge in [-0.15, -0.1) is 0 Å². The van der Waals surface area contributed by atoms with E-state index in [9.17, 15) is 9.90 Å². The highest BCUT2D eigenvalue weighted by Gasteiger charge is 2.17. The lowest BCUT2D eigenvalue weighted by molar-refractivity contribution is 0.236. The van der Waals surface area contributed by atoms with Crippen LogP contribution in [0.4, 0.5) is 5.82 Å². The third kappa shape index (κ3) is 3.80. The Morgan fingerprint density at radius 2 is 1.76 bits per heavy atom. The second-order valence-corrected chi connectivity index (χ2v) is 8.05. The van der Waals surface area contributed by atoms with Crippen LogP contribution >= 0.6 is 0 Å². The zero-order valence-corrected chi connectivity index (χ0v) is 18.6. The standard InChI is InChI=1S/C24H22N8O2/c1-14(12-33)32-13-28-23-18(24(32)34)7-20(30-22(23)17-10-29-31(2)11-17)16-3-5-19(26-8-16)15-4-6-21(25)27-9-15/h3-11,13-14,33H,12H2,1-2H3,(H2,25,27)/t14-/m0/s1. The first-order valence-corrected chi connectivity index (χ1v) is 10.6. The first-order valence-electron chi connectivity index (χ1n) is 10.6. The first-order chi connectivity index (χ1) is 16.4. The number of aliphatic hydroxyl groups excluding tert-OH is 1. The maximum atomic E-state index is 13.3. The van der Waals surface area contributed by atoms with Crippen LogP contribution in [-0.2, 0) is 7.05 Å². The summed E-state index contributed by atoms with van der Waals surface area (Å²) in [5.41, 5.74) is 10.1. The summed E-state index contributed by atoms with van der Waals surface area (Å²) in [5.74, 6) is 0.443. The molecule has 10 heteroatoms. The zero-order chi connectivity index (χ0) is 23.8. The second-order valence-electron chi connectivity index (χ2n) is 8.05. The van der Waals surface area contributed by atoms with E-state index in [1.165, 1.54) is 10.9 Å². The summed E-state index contributed by atoms with van der Waals surface area (Å²) in [5, 5.41) is 14.2. The normalized spacial score (nSPS) is 12.2. The van der Waals surface area contributed by atoms with Gasteiger partial charge in [0.15, 0.2) is 0 Å². The monoisotopic (exact) mass is 454 g/mol. The van der Waals surface area contributed by atoms with E-state index in [1.54, 1.807) is 42.3 Å². The van der Waals surface area contributed by atoms with Gasteiger partial charge in [-0.2, -0.15) is 5.10 Å². The summed E-state index contributed by atoms with van der Waals surface area (Å²) in [6.45, 7) is 1.58. The number of anilines is 1. The van der Waals surface area contributed by atoms with E-state index in [-0.39, 0.29) is 12.2 Å². The van der Waals surface area contributed by atoms with E-state index in [4.69, 9.17) is 10.7 Å². The van der Waals surface area contributed by atoms with Crippen LogP contribution in [0.15, 0.2) is 66.2 Å². The molecule has 5 rings (SSSR count). The van der Waals surface area contributed by atoms with Gasteiger partial charge in [-0.25, -0.2) is 15.0 Å². The molecule has 0 aromatic carbocycles. The number of rotatable bonds is 5. The fraction of sp³-hybridized carbons (Fsp3) is 0.167. The van der Waals surface area contributed by atoms with Crippen LogP contribution in [0.1, 0.15) is 13.0 Å². The molecule has 3 N–H and O–H groups in total. The molecular formula is C24H22N8O2. The van der Waals surface area contributed by atoms with Crippen molar-refractivity contribution in [3.63, 3.8) is 0 Å². The van der Waals surface area contributed by atoms with Crippen molar-refractivity contribution in [3.8, 4) is 33.8 Å². The van der Waals surface area contributed by atoms with Crippen molar-refractivity contribution in [2.45, 2.75) is 13.0 Å². The average Bonchev–Trinajstić information content (AvgIpc) is 3.30. The molecular weight excluding hydrogens is 432 g/mol. The molecule has 170 valence electrons. The summed E-state index contributed by atoms with van der Waals surface area (Å²) in [6.07, 6.45) is 8.33. The van der Waals surface area contributed by atoms with Crippen LogP contribution in [0.5, 0.6) is 0 Å². The molecule has 1 atom stereocenters. The Hall–Kier alpha value is -4.44. The third-order valence-electron chi connectivity index (χ3n) is 5.63. The van der Waals surface area contributed by atoms with Gasteiger partial charge in [-0.3, -0.25) is 19.0 Å². The van der Waals surface area contributed by atoms with Crippen LogP contribution in [-0.4, -0.2) is 46.0 Å². The number of hydrogen-bond donors (Lipinski definition) is 2. The van der Waals surface area contributed by atoms with Gasteiger partial charge in [0, 0.05) is 42.3 Å². The summed E-state index contributed by atoms with van der Waals surface area (Å²) in [7, 11) is 1.81. The topological polar surface area (TPSA) is 138 Å². The highest BCUT2D eigenvalue weighted by Crippen LogP contribution is 2.29. The molecule has 0 aliphatic heterocycles. The van der Waals surface area contributed by atoms with Gasteiger partial charge in [0.25, 0.3) is 5.56 Å². The summed E-state index contributed by atoms with van der Waals surface area (Å²) < 4.78 is 3.09. The predicted molar refractivity (Wildman–Crippen MR) is 129 cm³/mol. The fourth-order valence-electron chi connectivity index (χ4n) is 3.71. The minimum absolute atomic E-state index is 0.175. The van der Waals surface area contributed by atoms with Gasteiger partial charge in [-0.05, 0) is 37.3 Å². The highest BCUT2D eigenvalue weighted by molar-refractivity contribution is 5.93. The lowest BCUT2D eigenvalue weighted by atomic mass is 10.1. The number of pyridine rings is 3. The minimum Gasteiger partial charge on any atom is -0.394 e. The SMILES string of the molecule is C[C@@H](CO)n1cnc2c(-c3cnn(C)c3)nc(-c3ccc(-c4ccc(N)nc4)nc3)cc2c1=O. The largest absolute Gasteiger partial charge is 0.394 e. The van der Waals surface area contributed by atoms with Crippen LogP contribution in [0.2, 0.25) is 0 Å². The van der Waals surface area contributed by atoms with E-state index in [0.29, 0.717) is 28.1 Å². The fourth-order valence-corrected chi connectivity index (χ4v) is 3.71. The van der Waals surface area contributed by atoms with Gasteiger partial charge in [0.2, 0.25) is 0 Å². The van der Waals surface area contributed by atoms with Gasteiger partial charge >= 0.3 is 0 Å². The Morgan fingerprint density at radius 1 is 1.00 bits per heavy atom. The molecule has 0 unspecified atom stereocenters. The first kappa shape index (κ1) is 21.4. The van der Waals surface area contributed by atoms with Crippen molar-refractivity contribution in [2.24, 2.45) is 7.05 Å². The molecule has 0 spiro atoms. The van der Waals surface area contributed by atoms with Gasteiger partial charge in [0.05, 0.1) is 41.9 Å². The Balaban J connectivity index is 1.68. The summed E-state index contributed by atoms with van der Waals surface area (Å²) in [6, 6.07) is 8.65. The summed E-state index contributed by atoms with van der Waals surface area (Å²) in [4.78, 5) is 31.3. The van der Waals surface area contributed by atoms with E-state index < -0.39 is 6.04 Å². The van der Waals surface area contributed by atoms with E-state index in [1.807, 2.05) is 31.4 Å². The lowest BCUT2D eigenvalue weighted by Gasteiger charge is -2.14. The quantitative estimate of drug-likeness (QED) is 0.413. The average molecular weight is 454 g/mol. The molecule has 0 saturated heterocycles. The smallest absolute Gasteiger partial charge is 0.261 e. The Bertz CT molecular complexity index is 1540. The highest BCUT2D eigenvalue weighted by atomic mass is 16.3. The van der Waals surface area contributed by atoms with Gasteiger partial charge in [-0.1, -0.05) is 0 Å². The van der Waals surface area contributed by atoms with E-state index in [0.717, 1.165) is 22.4 Å². The molecule has 0 saturated carbocycles. The molecule has 0 aliphatic carbocycles. The predicted octanol–water partition coefficient (Wildman–Crippen LogP) is 2.45. The summed E-state index contributed by atoms with van der Waals surface area (Å²) >= 11 is 0. The number of aryl methyl sites for hydroxylation is 1. The number of aliphatic hydroxyl groups is 1. The van der Waals surface area contributed by atoms with Crippen molar-refractivity contribution >= 4 is 16.7 Å². The van der Waals surface area contributed by atoms with Crippen molar-refractivity contribution in [1.29, 1.82) is 0 Å². The molecule has 34 heavy (non-hydrogen) atoms. The van der Waals surface area contributed by atoms with Crippen LogP contribution < -0.4 is 11.3 Å². The molecule has 0 amide bonds. The zero-order valence-electron chi connectivity index (χ0n) is 18.6. The third-order valence-corrected chi connectivity index (χ3v) is 5.63. The number of hydrogen-bond acceptors (Lipinski definition) is 8. The molecule has 5 heterocycles. The van der Waals surface area contributed by atoms with Crippen LogP contribution in [0, 0.1) is 0 Å². The molecule has 0 fully saturated rings. The molecule has 0 radical (unpaired) electrons. The molecule has 5 aromatic rings. The number of nitrogen functional groups attached to an aromatic ring is 1. The Labute approximate surface area is 194 Å².